The molecule has 1 N–H and O–H groups in total. The van der Waals surface area contributed by atoms with E-state index in [9.17, 15) is 0 Å². The highest BCUT2D eigenvalue weighted by molar-refractivity contribution is 5.41. The predicted molar refractivity (Wildman–Crippen MR) is 86.7 cm³/mol. The lowest BCUT2D eigenvalue weighted by Gasteiger charge is -2.13. The molecule has 0 aliphatic carbocycles. The van der Waals surface area contributed by atoms with Gasteiger partial charge in [0.2, 0.25) is 0 Å². The normalized spacial score (nSPS) is 11.3. The van der Waals surface area contributed by atoms with E-state index in [2.05, 4.69) is 67.4 Å². The number of benzene rings is 1. The van der Waals surface area contributed by atoms with E-state index < -0.39 is 0 Å². The van der Waals surface area contributed by atoms with E-state index >= 15 is 0 Å². The number of hydrogen-bond acceptors (Lipinski definition) is 3. The summed E-state index contributed by atoms with van der Waals surface area (Å²) in [5.74, 6) is 2.60. The molecular weight excluding hydrogens is 260 g/mol. The Morgan fingerprint density at radius 1 is 1.14 bits per heavy atom. The molecule has 0 fully saturated rings. The number of aryl methyl sites for hydroxylation is 2. The van der Waals surface area contributed by atoms with Crippen molar-refractivity contribution in [3.8, 4) is 5.69 Å². The minimum Gasteiger partial charge on any atom is -0.312 e. The molecule has 0 aliphatic rings. The Labute approximate surface area is 127 Å². The Kier molecular flexibility index (Phi) is 5.51. The zero-order chi connectivity index (χ0) is 15.2. The quantitative estimate of drug-likeness (QED) is 0.850. The van der Waals surface area contributed by atoms with Crippen LogP contribution in [-0.2, 0) is 19.4 Å². The second-order valence-corrected chi connectivity index (χ2v) is 5.72. The Bertz CT molecular complexity index is 572. The zero-order valence-electron chi connectivity index (χ0n) is 13.6. The van der Waals surface area contributed by atoms with Gasteiger partial charge in [-0.25, -0.2) is 9.67 Å². The van der Waals surface area contributed by atoms with Crippen LogP contribution in [0.25, 0.3) is 5.69 Å². The summed E-state index contributed by atoms with van der Waals surface area (Å²) in [6.45, 7) is 10.5. The third-order valence-corrected chi connectivity index (χ3v) is 3.44. The summed E-state index contributed by atoms with van der Waals surface area (Å²) in [5.41, 5.74) is 2.40. The molecule has 0 unspecified atom stereocenters. The highest BCUT2D eigenvalue weighted by Crippen LogP contribution is 2.16. The van der Waals surface area contributed by atoms with Crippen molar-refractivity contribution in [1.29, 1.82) is 0 Å². The van der Waals surface area contributed by atoms with Crippen molar-refractivity contribution in [2.75, 3.05) is 6.54 Å². The van der Waals surface area contributed by atoms with E-state index in [1.807, 2.05) is 4.68 Å². The predicted octanol–water partition coefficient (Wildman–Crippen LogP) is 3.14. The molecule has 114 valence electrons. The third kappa shape index (κ3) is 3.91. The number of rotatable bonds is 7. The van der Waals surface area contributed by atoms with Gasteiger partial charge < -0.3 is 5.32 Å². The van der Waals surface area contributed by atoms with Gasteiger partial charge in [0.25, 0.3) is 0 Å². The average molecular weight is 286 g/mol. The van der Waals surface area contributed by atoms with Crippen LogP contribution in [0.2, 0.25) is 0 Å². The zero-order valence-corrected chi connectivity index (χ0v) is 13.6. The molecule has 4 nitrogen and oxygen atoms in total. The Hall–Kier alpha value is -1.68. The van der Waals surface area contributed by atoms with Crippen molar-refractivity contribution in [3.63, 3.8) is 0 Å². The number of nitrogens with zero attached hydrogens (tertiary/aromatic N) is 3. The summed E-state index contributed by atoms with van der Waals surface area (Å²) < 4.78 is 2.01. The maximum Gasteiger partial charge on any atom is 0.151 e. The smallest absolute Gasteiger partial charge is 0.151 e. The monoisotopic (exact) mass is 286 g/mol. The van der Waals surface area contributed by atoms with Crippen molar-refractivity contribution in [2.24, 2.45) is 5.92 Å². The van der Waals surface area contributed by atoms with E-state index in [0.717, 1.165) is 43.3 Å². The number of nitrogens with one attached hydrogen (secondary N) is 1. The molecule has 1 aromatic carbocycles. The summed E-state index contributed by atoms with van der Waals surface area (Å²) in [4.78, 5) is 4.60. The first-order valence-electron chi connectivity index (χ1n) is 7.89. The van der Waals surface area contributed by atoms with Crippen LogP contribution in [0.15, 0.2) is 24.3 Å². The molecule has 1 heterocycles. The van der Waals surface area contributed by atoms with E-state index in [-0.39, 0.29) is 0 Å². The standard InChI is InChI=1S/C17H26N4/c1-5-16-19-17(6-2)21(20-16)15-10-8-7-9-14(15)12-18-11-13(3)4/h7-10,13,18H,5-6,11-12H2,1-4H3. The summed E-state index contributed by atoms with van der Waals surface area (Å²) >= 11 is 0. The Morgan fingerprint density at radius 3 is 2.57 bits per heavy atom. The molecule has 0 saturated carbocycles. The molecular formula is C17H26N4. The topological polar surface area (TPSA) is 42.7 Å². The number of hydrogen-bond donors (Lipinski definition) is 1. The molecule has 0 spiro atoms. The van der Waals surface area contributed by atoms with E-state index in [1.165, 1.54) is 5.56 Å². The molecule has 4 heteroatoms. The number of para-hydroxylation sites is 1. The lowest BCUT2D eigenvalue weighted by atomic mass is 10.1. The van der Waals surface area contributed by atoms with Gasteiger partial charge in [-0.1, -0.05) is 45.9 Å². The lowest BCUT2D eigenvalue weighted by Crippen LogP contribution is -2.20. The van der Waals surface area contributed by atoms with Gasteiger partial charge in [0.15, 0.2) is 5.82 Å². The van der Waals surface area contributed by atoms with Crippen molar-refractivity contribution < 1.29 is 0 Å². The minimum atomic E-state index is 0.654. The van der Waals surface area contributed by atoms with E-state index in [4.69, 9.17) is 0 Å². The van der Waals surface area contributed by atoms with Gasteiger partial charge in [0.05, 0.1) is 5.69 Å². The molecule has 0 bridgehead atoms. The second-order valence-electron chi connectivity index (χ2n) is 5.72. The maximum absolute atomic E-state index is 4.65. The molecule has 0 radical (unpaired) electrons. The SMILES string of the molecule is CCc1nc(CC)n(-c2ccccc2CNCC(C)C)n1. The molecule has 0 aliphatic heterocycles. The van der Waals surface area contributed by atoms with Gasteiger partial charge in [-0.3, -0.25) is 0 Å². The van der Waals surface area contributed by atoms with Crippen molar-refractivity contribution >= 4 is 0 Å². The van der Waals surface area contributed by atoms with Crippen molar-refractivity contribution in [2.45, 2.75) is 47.1 Å². The first-order valence-corrected chi connectivity index (χ1v) is 7.89. The van der Waals surface area contributed by atoms with Crippen LogP contribution in [0.1, 0.15) is 44.9 Å². The largest absolute Gasteiger partial charge is 0.312 e. The minimum absolute atomic E-state index is 0.654. The lowest BCUT2D eigenvalue weighted by molar-refractivity contribution is 0.551. The molecule has 21 heavy (non-hydrogen) atoms. The van der Waals surface area contributed by atoms with Gasteiger partial charge in [0.1, 0.15) is 5.82 Å². The Morgan fingerprint density at radius 2 is 1.90 bits per heavy atom. The van der Waals surface area contributed by atoms with Crippen LogP contribution in [0.5, 0.6) is 0 Å². The summed E-state index contributed by atoms with van der Waals surface area (Å²) in [7, 11) is 0. The van der Waals surface area contributed by atoms with Crippen LogP contribution >= 0.6 is 0 Å². The van der Waals surface area contributed by atoms with Crippen LogP contribution in [0, 0.1) is 5.92 Å². The molecule has 0 saturated heterocycles. The summed E-state index contributed by atoms with van der Waals surface area (Å²) in [5, 5.41) is 8.16. The van der Waals surface area contributed by atoms with Gasteiger partial charge in [-0.15, -0.1) is 0 Å². The van der Waals surface area contributed by atoms with Crippen molar-refractivity contribution in [3.05, 3.63) is 41.5 Å². The van der Waals surface area contributed by atoms with Gasteiger partial charge in [0, 0.05) is 19.4 Å². The fourth-order valence-corrected chi connectivity index (χ4v) is 2.33. The van der Waals surface area contributed by atoms with Crippen LogP contribution in [-0.4, -0.2) is 21.3 Å². The maximum atomic E-state index is 4.65. The fraction of sp³-hybridized carbons (Fsp3) is 0.529. The highest BCUT2D eigenvalue weighted by Gasteiger charge is 2.12. The molecule has 2 aromatic rings. The molecule has 0 atom stereocenters. The third-order valence-electron chi connectivity index (χ3n) is 3.44. The van der Waals surface area contributed by atoms with Gasteiger partial charge >= 0.3 is 0 Å². The Balaban J connectivity index is 2.28. The fourth-order valence-electron chi connectivity index (χ4n) is 2.33. The van der Waals surface area contributed by atoms with E-state index in [0.29, 0.717) is 5.92 Å². The van der Waals surface area contributed by atoms with Crippen LogP contribution in [0.4, 0.5) is 0 Å². The van der Waals surface area contributed by atoms with E-state index in [1.54, 1.807) is 0 Å². The first kappa shape index (κ1) is 15.7. The molecule has 2 rings (SSSR count). The molecule has 0 amide bonds. The van der Waals surface area contributed by atoms with Crippen molar-refractivity contribution in [1.82, 2.24) is 20.1 Å². The summed E-state index contributed by atoms with van der Waals surface area (Å²) in [6, 6.07) is 8.43. The highest BCUT2D eigenvalue weighted by atomic mass is 15.4. The second kappa shape index (κ2) is 7.36. The van der Waals surface area contributed by atoms with Crippen LogP contribution in [0.3, 0.4) is 0 Å². The average Bonchev–Trinajstić information content (AvgIpc) is 2.90. The van der Waals surface area contributed by atoms with Crippen LogP contribution < -0.4 is 5.32 Å². The summed E-state index contributed by atoms with van der Waals surface area (Å²) in [6.07, 6.45) is 1.76. The van der Waals surface area contributed by atoms with Gasteiger partial charge in [-0.2, -0.15) is 5.10 Å². The number of aromatic nitrogens is 3. The van der Waals surface area contributed by atoms with Gasteiger partial charge in [-0.05, 0) is 24.1 Å². The molecule has 1 aromatic heterocycles. The first-order chi connectivity index (χ1) is 10.2.